The molecule has 1 atom stereocenters. The Bertz CT molecular complexity index is 467. The molecule has 2 heterocycles. The van der Waals surface area contributed by atoms with Gasteiger partial charge in [-0.3, -0.25) is 9.59 Å². The van der Waals surface area contributed by atoms with Gasteiger partial charge in [0.05, 0.1) is 16.4 Å². The number of aromatic nitrogens is 1. The van der Waals surface area contributed by atoms with Gasteiger partial charge >= 0.3 is 0 Å². The Labute approximate surface area is 97.4 Å². The smallest absolute Gasteiger partial charge is 0.246 e. The zero-order chi connectivity index (χ0) is 11.9. The van der Waals surface area contributed by atoms with Gasteiger partial charge in [0.15, 0.2) is 5.78 Å². The van der Waals surface area contributed by atoms with Crippen molar-refractivity contribution < 1.29 is 9.59 Å². The zero-order valence-electron chi connectivity index (χ0n) is 9.30. The van der Waals surface area contributed by atoms with Crippen LogP contribution in [0.3, 0.4) is 0 Å². The second-order valence-corrected chi connectivity index (χ2v) is 4.51. The van der Waals surface area contributed by atoms with Crippen LogP contribution in [0, 0.1) is 0 Å². The van der Waals surface area contributed by atoms with Crippen LogP contribution in [0.25, 0.3) is 0 Å². The number of amides is 1. The largest absolute Gasteiger partial charge is 0.370 e. The molecule has 0 spiro atoms. The van der Waals surface area contributed by atoms with Crippen molar-refractivity contribution >= 4 is 34.8 Å². The summed E-state index contributed by atoms with van der Waals surface area (Å²) in [7, 11) is 0. The quantitative estimate of drug-likeness (QED) is 0.542. The lowest BCUT2D eigenvalue weighted by molar-refractivity contribution is -0.116. The molecule has 6 heteroatoms. The highest BCUT2D eigenvalue weighted by atomic mass is 32.2. The van der Waals surface area contributed by atoms with Crippen molar-refractivity contribution in [1.29, 1.82) is 0 Å². The number of anilines is 2. The molecule has 2 rings (SSSR count). The minimum absolute atomic E-state index is 0.0487. The molecule has 0 saturated heterocycles. The predicted octanol–water partition coefficient (Wildman–Crippen LogP) is 1.69. The maximum atomic E-state index is 11.5. The number of hydrogen-bond donors (Lipinski definition) is 3. The molecule has 1 amide bonds. The first-order valence-corrected chi connectivity index (χ1v) is 6.15. The van der Waals surface area contributed by atoms with Crippen LogP contribution in [-0.2, 0) is 4.79 Å². The topological polar surface area (TPSA) is 74.0 Å². The summed E-state index contributed by atoms with van der Waals surface area (Å²) in [5, 5.41) is 6.63. The fourth-order valence-corrected chi connectivity index (χ4v) is 2.23. The first-order valence-electron chi connectivity index (χ1n) is 4.93. The Morgan fingerprint density at radius 3 is 2.62 bits per heavy atom. The third-order valence-electron chi connectivity index (χ3n) is 2.52. The fourth-order valence-electron chi connectivity index (χ4n) is 1.67. The summed E-state index contributed by atoms with van der Waals surface area (Å²) in [5.74, 6) is -0.135. The number of Topliss-reactive ketones (excluding diaryl/α,β-unsaturated/α-hetero) is 1. The molecule has 3 N–H and O–H groups in total. The van der Waals surface area contributed by atoms with Crippen LogP contribution < -0.4 is 10.6 Å². The van der Waals surface area contributed by atoms with E-state index < -0.39 is 0 Å². The van der Waals surface area contributed by atoms with Crippen LogP contribution in [0.4, 0.5) is 11.4 Å². The van der Waals surface area contributed by atoms with Crippen LogP contribution in [0.2, 0.25) is 0 Å². The number of rotatable bonds is 2. The standard InChI is InChI=1S/C10H13N3O2S/c1-4-9(15)12-8-7(11-4)6(5(2)14)13-10(8)16-3/h4,11,13H,1-3H3,(H,12,15)/t4-/m0/s1. The van der Waals surface area contributed by atoms with Gasteiger partial charge in [0.1, 0.15) is 11.7 Å². The van der Waals surface area contributed by atoms with Crippen LogP contribution in [0.15, 0.2) is 5.03 Å². The van der Waals surface area contributed by atoms with Crippen molar-refractivity contribution in [3.63, 3.8) is 0 Å². The molecule has 1 aromatic heterocycles. The summed E-state index contributed by atoms with van der Waals surface area (Å²) in [6.45, 7) is 3.26. The molecule has 0 bridgehead atoms. The van der Waals surface area contributed by atoms with Gasteiger partial charge in [-0.1, -0.05) is 0 Å². The summed E-state index contributed by atoms with van der Waals surface area (Å²) in [4.78, 5) is 26.0. The summed E-state index contributed by atoms with van der Waals surface area (Å²) in [6, 6.07) is -0.323. The molecule has 0 radical (unpaired) electrons. The second-order valence-electron chi connectivity index (χ2n) is 3.69. The van der Waals surface area contributed by atoms with Gasteiger partial charge in [-0.25, -0.2) is 0 Å². The van der Waals surface area contributed by atoms with E-state index in [2.05, 4.69) is 15.6 Å². The Balaban J connectivity index is 2.55. The number of hydrogen-bond acceptors (Lipinski definition) is 4. The number of carbonyl (C=O) groups excluding carboxylic acids is 2. The molecule has 0 aliphatic carbocycles. The van der Waals surface area contributed by atoms with Gasteiger partial charge in [0.2, 0.25) is 5.91 Å². The highest BCUT2D eigenvalue weighted by molar-refractivity contribution is 7.98. The molecule has 5 nitrogen and oxygen atoms in total. The van der Waals surface area contributed by atoms with E-state index in [1.54, 1.807) is 6.92 Å². The van der Waals surface area contributed by atoms with Gasteiger partial charge in [0, 0.05) is 6.92 Å². The van der Waals surface area contributed by atoms with Crippen molar-refractivity contribution in [3.8, 4) is 0 Å². The molecule has 0 aromatic carbocycles. The second kappa shape index (κ2) is 3.86. The lowest BCUT2D eigenvalue weighted by atomic mass is 10.2. The predicted molar refractivity (Wildman–Crippen MR) is 64.3 cm³/mol. The van der Waals surface area contributed by atoms with Gasteiger partial charge in [-0.2, -0.15) is 0 Å². The Morgan fingerprint density at radius 1 is 1.38 bits per heavy atom. The molecule has 0 saturated carbocycles. The van der Waals surface area contributed by atoms with Crippen molar-refractivity contribution in [3.05, 3.63) is 5.69 Å². The number of carbonyl (C=O) groups is 2. The van der Waals surface area contributed by atoms with E-state index in [0.29, 0.717) is 17.1 Å². The van der Waals surface area contributed by atoms with Crippen LogP contribution >= 0.6 is 11.8 Å². The van der Waals surface area contributed by atoms with Gasteiger partial charge in [-0.15, -0.1) is 11.8 Å². The van der Waals surface area contributed by atoms with Crippen molar-refractivity contribution in [2.45, 2.75) is 24.9 Å². The lowest BCUT2D eigenvalue weighted by Crippen LogP contribution is -2.36. The molecular formula is C10H13N3O2S. The van der Waals surface area contributed by atoms with Gasteiger partial charge in [-0.05, 0) is 13.2 Å². The van der Waals surface area contributed by atoms with Crippen LogP contribution in [0.1, 0.15) is 24.3 Å². The average molecular weight is 239 g/mol. The van der Waals surface area contributed by atoms with Crippen molar-refractivity contribution in [2.75, 3.05) is 16.9 Å². The van der Waals surface area contributed by atoms with E-state index in [0.717, 1.165) is 5.03 Å². The summed E-state index contributed by atoms with van der Waals surface area (Å²) in [5.41, 5.74) is 1.90. The summed E-state index contributed by atoms with van der Waals surface area (Å²) >= 11 is 1.46. The molecule has 1 aliphatic rings. The zero-order valence-corrected chi connectivity index (χ0v) is 10.1. The first-order chi connectivity index (χ1) is 7.54. The monoisotopic (exact) mass is 239 g/mol. The number of nitrogens with one attached hydrogen (secondary N) is 3. The Kier molecular flexibility index (Phi) is 2.67. The summed E-state index contributed by atoms with van der Waals surface area (Å²) < 4.78 is 0. The minimum Gasteiger partial charge on any atom is -0.370 e. The Morgan fingerprint density at radius 2 is 2.06 bits per heavy atom. The van der Waals surface area contributed by atoms with E-state index in [1.807, 2.05) is 6.26 Å². The first kappa shape index (κ1) is 11.1. The SMILES string of the molecule is CSc1[nH]c(C(C)=O)c2c1NC(=O)[C@H](C)N2. The number of aromatic amines is 1. The van der Waals surface area contributed by atoms with Crippen molar-refractivity contribution in [2.24, 2.45) is 0 Å². The third kappa shape index (κ3) is 1.59. The maximum Gasteiger partial charge on any atom is 0.246 e. The summed E-state index contributed by atoms with van der Waals surface area (Å²) in [6.07, 6.45) is 1.89. The lowest BCUT2D eigenvalue weighted by Gasteiger charge is -2.22. The average Bonchev–Trinajstić information content (AvgIpc) is 2.57. The van der Waals surface area contributed by atoms with E-state index in [9.17, 15) is 9.59 Å². The van der Waals surface area contributed by atoms with Gasteiger partial charge in [0.25, 0.3) is 0 Å². The number of H-pyrrole nitrogens is 1. The molecule has 0 unspecified atom stereocenters. The molecule has 86 valence electrons. The van der Waals surface area contributed by atoms with E-state index in [1.165, 1.54) is 18.7 Å². The minimum atomic E-state index is -0.323. The number of ketones is 1. The maximum absolute atomic E-state index is 11.5. The molecule has 1 aliphatic heterocycles. The van der Waals surface area contributed by atoms with E-state index in [4.69, 9.17) is 0 Å². The van der Waals surface area contributed by atoms with Crippen LogP contribution in [0.5, 0.6) is 0 Å². The van der Waals surface area contributed by atoms with Crippen LogP contribution in [-0.4, -0.2) is 29.0 Å². The molecule has 0 fully saturated rings. The molecule has 16 heavy (non-hydrogen) atoms. The fraction of sp³-hybridized carbons (Fsp3) is 0.400. The number of thioether (sulfide) groups is 1. The normalized spacial score (nSPS) is 18.7. The Hall–Kier alpha value is -1.43. The highest BCUT2D eigenvalue weighted by Gasteiger charge is 2.29. The van der Waals surface area contributed by atoms with Crippen molar-refractivity contribution in [1.82, 2.24) is 4.98 Å². The molecule has 1 aromatic rings. The highest BCUT2D eigenvalue weighted by Crippen LogP contribution is 2.38. The van der Waals surface area contributed by atoms with E-state index in [-0.39, 0.29) is 17.7 Å². The molecular weight excluding hydrogens is 226 g/mol. The number of fused-ring (bicyclic) bond motifs is 1. The van der Waals surface area contributed by atoms with Gasteiger partial charge < -0.3 is 15.6 Å². The third-order valence-corrected chi connectivity index (χ3v) is 3.24. The van der Waals surface area contributed by atoms with E-state index >= 15 is 0 Å².